The van der Waals surface area contributed by atoms with Gasteiger partial charge in [-0.3, -0.25) is 4.79 Å². The molecule has 0 saturated carbocycles. The Kier molecular flexibility index (Phi) is 6.79. The minimum atomic E-state index is -0.333. The van der Waals surface area contributed by atoms with E-state index in [1.54, 1.807) is 11.8 Å². The largest absolute Gasteiger partial charge is 0.512 e. The molecule has 5 heteroatoms. The molecule has 0 radical (unpaired) electrons. The van der Waals surface area contributed by atoms with Gasteiger partial charge in [0.15, 0.2) is 0 Å². The van der Waals surface area contributed by atoms with Gasteiger partial charge < -0.3 is 20.3 Å². The number of allylic oxidation sites excluding steroid dienone is 1. The quantitative estimate of drug-likeness (QED) is 0.462. The van der Waals surface area contributed by atoms with Crippen LogP contribution in [0.25, 0.3) is 0 Å². The van der Waals surface area contributed by atoms with Crippen LogP contribution in [-0.2, 0) is 4.79 Å². The lowest BCUT2D eigenvalue weighted by molar-refractivity contribution is -0.114. The smallest absolute Gasteiger partial charge is 0.263 e. The Balaban J connectivity index is 3.17. The summed E-state index contributed by atoms with van der Waals surface area (Å²) in [6.45, 7) is 4.43. The van der Waals surface area contributed by atoms with Gasteiger partial charge in [0.05, 0.1) is 5.57 Å². The Bertz CT molecular complexity index is 546. The van der Waals surface area contributed by atoms with Crippen LogP contribution in [0.4, 0.5) is 5.69 Å². The molecule has 120 valence electrons. The highest BCUT2D eigenvalue weighted by Crippen LogP contribution is 2.18. The van der Waals surface area contributed by atoms with Gasteiger partial charge in [-0.05, 0) is 39.6 Å². The lowest BCUT2D eigenvalue weighted by Crippen LogP contribution is -2.39. The summed E-state index contributed by atoms with van der Waals surface area (Å²) in [4.78, 5) is 16.4. The summed E-state index contributed by atoms with van der Waals surface area (Å²) >= 11 is 0. The normalized spacial score (nSPS) is 12.0. The van der Waals surface area contributed by atoms with Crippen LogP contribution in [0, 0.1) is 5.41 Å². The second-order valence-electron chi connectivity index (χ2n) is 5.39. The Morgan fingerprint density at radius 2 is 1.77 bits per heavy atom. The van der Waals surface area contributed by atoms with E-state index in [1.165, 1.54) is 6.92 Å². The first-order valence-corrected chi connectivity index (χ1v) is 7.37. The lowest BCUT2D eigenvalue weighted by Gasteiger charge is -2.26. The summed E-state index contributed by atoms with van der Waals surface area (Å²) in [5.74, 6) is -0.442. The van der Waals surface area contributed by atoms with Crippen molar-refractivity contribution in [3.8, 4) is 0 Å². The Morgan fingerprint density at radius 3 is 2.23 bits per heavy atom. The zero-order valence-corrected chi connectivity index (χ0v) is 13.8. The predicted molar refractivity (Wildman–Crippen MR) is 90.7 cm³/mol. The van der Waals surface area contributed by atoms with Gasteiger partial charge in [0.2, 0.25) is 0 Å². The summed E-state index contributed by atoms with van der Waals surface area (Å²) in [6.07, 6.45) is 0.398. The molecule has 22 heavy (non-hydrogen) atoms. The highest BCUT2D eigenvalue weighted by molar-refractivity contribution is 6.25. The molecule has 2 N–H and O–H groups in total. The second-order valence-corrected chi connectivity index (χ2v) is 5.39. The number of rotatable bonds is 7. The van der Waals surface area contributed by atoms with Crippen LogP contribution in [0.2, 0.25) is 0 Å². The van der Waals surface area contributed by atoms with E-state index in [9.17, 15) is 9.90 Å². The highest BCUT2D eigenvalue weighted by Gasteiger charge is 2.24. The number of hydrogen-bond donors (Lipinski definition) is 2. The van der Waals surface area contributed by atoms with Crippen molar-refractivity contribution in [1.82, 2.24) is 4.90 Å². The number of likely N-dealkylation sites (N-methyl/N-ethyl adjacent to an activating group) is 1. The predicted octanol–water partition coefficient (Wildman–Crippen LogP) is 2.84. The average molecular weight is 303 g/mol. The fourth-order valence-corrected chi connectivity index (χ4v) is 2.07. The molecule has 1 rings (SSSR count). The minimum Gasteiger partial charge on any atom is -0.512 e. The molecule has 0 spiro atoms. The van der Waals surface area contributed by atoms with E-state index in [1.807, 2.05) is 49.3 Å². The van der Waals surface area contributed by atoms with Gasteiger partial charge in [-0.1, -0.05) is 25.1 Å². The number of para-hydroxylation sites is 1. The number of hydrogen-bond acceptors (Lipinski definition) is 4. The minimum absolute atomic E-state index is 0.0881. The molecule has 0 aliphatic heterocycles. The summed E-state index contributed by atoms with van der Waals surface area (Å²) in [5.41, 5.74) is 0.998. The third-order valence-electron chi connectivity index (χ3n) is 3.31. The number of nitrogens with zero attached hydrogens (tertiary/aromatic N) is 2. The summed E-state index contributed by atoms with van der Waals surface area (Å²) in [5, 5.41) is 17.8. The molecular weight excluding hydrogens is 278 g/mol. The van der Waals surface area contributed by atoms with Crippen molar-refractivity contribution < 1.29 is 9.90 Å². The van der Waals surface area contributed by atoms with E-state index >= 15 is 0 Å². The first-order valence-electron chi connectivity index (χ1n) is 7.37. The molecule has 5 nitrogen and oxygen atoms in total. The third kappa shape index (κ3) is 4.70. The average Bonchev–Trinajstić information content (AvgIpc) is 2.47. The van der Waals surface area contributed by atoms with E-state index in [-0.39, 0.29) is 23.0 Å². The SMILES string of the molecule is CCC(=N)/C(C(=O)N(CCN(C)C)c1ccccc1)=C(\C)O. The number of aliphatic hydroxyl groups is 1. The highest BCUT2D eigenvalue weighted by atomic mass is 16.3. The molecule has 0 aliphatic carbocycles. The third-order valence-corrected chi connectivity index (χ3v) is 3.31. The van der Waals surface area contributed by atoms with E-state index in [2.05, 4.69) is 0 Å². The number of carbonyl (C=O) groups excluding carboxylic acids is 1. The van der Waals surface area contributed by atoms with Crippen molar-refractivity contribution in [1.29, 1.82) is 5.41 Å². The van der Waals surface area contributed by atoms with Crippen molar-refractivity contribution in [3.05, 3.63) is 41.7 Å². The molecule has 1 aromatic carbocycles. The molecule has 0 heterocycles. The van der Waals surface area contributed by atoms with Crippen LogP contribution in [0.1, 0.15) is 20.3 Å². The van der Waals surface area contributed by atoms with Crippen LogP contribution < -0.4 is 4.90 Å². The fraction of sp³-hybridized carbons (Fsp3) is 0.412. The van der Waals surface area contributed by atoms with Crippen molar-refractivity contribution >= 4 is 17.3 Å². The zero-order valence-electron chi connectivity index (χ0n) is 13.8. The fourth-order valence-electron chi connectivity index (χ4n) is 2.07. The molecule has 0 aliphatic rings. The van der Waals surface area contributed by atoms with Crippen molar-refractivity contribution in [2.45, 2.75) is 20.3 Å². The topological polar surface area (TPSA) is 67.6 Å². The van der Waals surface area contributed by atoms with Crippen molar-refractivity contribution in [3.63, 3.8) is 0 Å². The maximum Gasteiger partial charge on any atom is 0.263 e. The standard InChI is InChI=1S/C17H25N3O2/c1-5-15(18)16(13(2)21)17(22)20(12-11-19(3)4)14-9-7-6-8-10-14/h6-10,18,21H,5,11-12H2,1-4H3/b16-13-,18-15?. The zero-order chi connectivity index (χ0) is 16.7. The van der Waals surface area contributed by atoms with Crippen LogP contribution >= 0.6 is 0 Å². The van der Waals surface area contributed by atoms with Gasteiger partial charge in [-0.15, -0.1) is 0 Å². The van der Waals surface area contributed by atoms with Crippen molar-refractivity contribution in [2.75, 3.05) is 32.1 Å². The first kappa shape index (κ1) is 17.9. The molecule has 0 fully saturated rings. The monoisotopic (exact) mass is 303 g/mol. The number of amides is 1. The second kappa shape index (κ2) is 8.34. The number of benzene rings is 1. The summed E-state index contributed by atoms with van der Waals surface area (Å²) in [6, 6.07) is 9.33. The van der Waals surface area contributed by atoms with Crippen LogP contribution in [-0.4, -0.2) is 48.8 Å². The number of aliphatic hydroxyl groups excluding tert-OH is 1. The molecule has 0 saturated heterocycles. The van der Waals surface area contributed by atoms with Gasteiger partial charge >= 0.3 is 0 Å². The van der Waals surface area contributed by atoms with Crippen LogP contribution in [0.5, 0.6) is 0 Å². The van der Waals surface area contributed by atoms with Gasteiger partial charge in [0.1, 0.15) is 5.76 Å². The Morgan fingerprint density at radius 1 is 1.18 bits per heavy atom. The Labute approximate surface area is 132 Å². The van der Waals surface area contributed by atoms with Gasteiger partial charge in [-0.25, -0.2) is 0 Å². The molecule has 0 bridgehead atoms. The Hall–Kier alpha value is -2.14. The maximum atomic E-state index is 12.8. The van der Waals surface area contributed by atoms with Crippen LogP contribution in [0.3, 0.4) is 0 Å². The molecule has 1 aromatic rings. The van der Waals surface area contributed by atoms with Crippen molar-refractivity contribution in [2.24, 2.45) is 0 Å². The molecular formula is C17H25N3O2. The molecule has 0 aromatic heterocycles. The number of nitrogens with one attached hydrogen (secondary N) is 1. The molecule has 1 amide bonds. The maximum absolute atomic E-state index is 12.8. The number of carbonyl (C=O) groups is 1. The van der Waals surface area contributed by atoms with E-state index in [0.29, 0.717) is 19.5 Å². The molecule has 0 atom stereocenters. The first-order chi connectivity index (χ1) is 10.4. The number of anilines is 1. The van der Waals surface area contributed by atoms with E-state index in [0.717, 1.165) is 5.69 Å². The van der Waals surface area contributed by atoms with E-state index < -0.39 is 0 Å². The van der Waals surface area contributed by atoms with Gasteiger partial charge in [0.25, 0.3) is 5.91 Å². The van der Waals surface area contributed by atoms with Gasteiger partial charge in [0, 0.05) is 24.5 Å². The lowest BCUT2D eigenvalue weighted by atomic mass is 10.1. The van der Waals surface area contributed by atoms with Crippen LogP contribution in [0.15, 0.2) is 41.7 Å². The van der Waals surface area contributed by atoms with E-state index in [4.69, 9.17) is 5.41 Å². The molecule has 0 unspecified atom stereocenters. The summed E-state index contributed by atoms with van der Waals surface area (Å²) in [7, 11) is 3.88. The summed E-state index contributed by atoms with van der Waals surface area (Å²) < 4.78 is 0. The van der Waals surface area contributed by atoms with Gasteiger partial charge in [-0.2, -0.15) is 0 Å².